The monoisotopic (exact) mass is 282 g/mol. The van der Waals surface area contributed by atoms with Crippen LogP contribution >= 0.6 is 12.4 Å². The summed E-state index contributed by atoms with van der Waals surface area (Å²) >= 11 is 0. The Balaban J connectivity index is 0.00000144. The van der Waals surface area contributed by atoms with Gasteiger partial charge in [0.05, 0.1) is 17.5 Å². The van der Waals surface area contributed by atoms with Crippen LogP contribution in [-0.2, 0) is 14.6 Å². The minimum atomic E-state index is -2.98. The van der Waals surface area contributed by atoms with Crippen LogP contribution in [-0.4, -0.2) is 55.9 Å². The van der Waals surface area contributed by atoms with Gasteiger partial charge in [-0.05, 0) is 0 Å². The summed E-state index contributed by atoms with van der Waals surface area (Å²) in [6.07, 6.45) is 0. The molecule has 1 N–H and O–H groups in total. The molecule has 0 bridgehead atoms. The Labute approximate surface area is 108 Å². The van der Waals surface area contributed by atoms with Crippen molar-refractivity contribution in [3.05, 3.63) is 0 Å². The van der Waals surface area contributed by atoms with E-state index in [9.17, 15) is 13.2 Å². The third kappa shape index (κ3) is 2.92. The summed E-state index contributed by atoms with van der Waals surface area (Å²) in [5.41, 5.74) is 0. The van der Waals surface area contributed by atoms with E-state index in [1.807, 2.05) is 13.8 Å². The van der Waals surface area contributed by atoms with Gasteiger partial charge < -0.3 is 10.2 Å². The standard InChI is InChI=1S/C10H18N2O3S.ClH/c1-7(2)10(13)12-4-3-11-8-5-16(14,15)6-9(8)12;/h7-9,11H,3-6H2,1-2H3;1H/t8-,9+;/m0./s1. The van der Waals surface area contributed by atoms with Crippen molar-refractivity contribution in [2.24, 2.45) is 5.92 Å². The van der Waals surface area contributed by atoms with Crippen molar-refractivity contribution >= 4 is 28.2 Å². The highest BCUT2D eigenvalue weighted by atomic mass is 35.5. The van der Waals surface area contributed by atoms with Gasteiger partial charge in [-0.3, -0.25) is 4.79 Å². The maximum atomic E-state index is 12.0. The fourth-order valence-electron chi connectivity index (χ4n) is 2.47. The number of halogens is 1. The number of carbonyl (C=O) groups excluding carboxylic acids is 1. The predicted octanol–water partition coefficient (Wildman–Crippen LogP) is -0.338. The molecule has 0 aromatic heterocycles. The Morgan fingerprint density at radius 1 is 1.35 bits per heavy atom. The highest BCUT2D eigenvalue weighted by Gasteiger charge is 2.44. The number of hydrogen-bond donors (Lipinski definition) is 1. The average molecular weight is 283 g/mol. The van der Waals surface area contributed by atoms with Gasteiger partial charge in [0.25, 0.3) is 0 Å². The van der Waals surface area contributed by atoms with Gasteiger partial charge in [0.15, 0.2) is 9.84 Å². The molecule has 2 saturated heterocycles. The lowest BCUT2D eigenvalue weighted by Crippen LogP contribution is -2.59. The Hall–Kier alpha value is -0.330. The molecule has 0 aromatic carbocycles. The first-order valence-electron chi connectivity index (χ1n) is 5.65. The molecule has 0 aromatic rings. The van der Waals surface area contributed by atoms with Crippen LogP contribution in [0, 0.1) is 5.92 Å². The highest BCUT2D eigenvalue weighted by Crippen LogP contribution is 2.22. The van der Waals surface area contributed by atoms with Gasteiger partial charge in [-0.15, -0.1) is 12.4 Å². The van der Waals surface area contributed by atoms with Crippen molar-refractivity contribution in [3.63, 3.8) is 0 Å². The molecule has 2 heterocycles. The van der Waals surface area contributed by atoms with Crippen molar-refractivity contribution in [3.8, 4) is 0 Å². The Morgan fingerprint density at radius 3 is 2.59 bits per heavy atom. The lowest BCUT2D eigenvalue weighted by molar-refractivity contribution is -0.137. The molecule has 0 unspecified atom stereocenters. The summed E-state index contributed by atoms with van der Waals surface area (Å²) in [6.45, 7) is 5.01. The number of nitrogens with one attached hydrogen (secondary N) is 1. The van der Waals surface area contributed by atoms with Gasteiger partial charge in [-0.1, -0.05) is 13.8 Å². The van der Waals surface area contributed by atoms with Crippen LogP contribution in [0.15, 0.2) is 0 Å². The lowest BCUT2D eigenvalue weighted by Gasteiger charge is -2.38. The molecular formula is C10H19ClN2O3S. The summed E-state index contributed by atoms with van der Waals surface area (Å²) in [4.78, 5) is 13.7. The Morgan fingerprint density at radius 2 is 2.00 bits per heavy atom. The number of sulfone groups is 1. The van der Waals surface area contributed by atoms with Crippen LogP contribution in [0.1, 0.15) is 13.8 Å². The van der Waals surface area contributed by atoms with Crippen LogP contribution in [0.2, 0.25) is 0 Å². The number of hydrogen-bond acceptors (Lipinski definition) is 4. The molecule has 2 aliphatic rings. The molecule has 1 amide bonds. The maximum absolute atomic E-state index is 12.0. The topological polar surface area (TPSA) is 66.5 Å². The van der Waals surface area contributed by atoms with Gasteiger partial charge in [0, 0.05) is 25.0 Å². The molecule has 0 aliphatic carbocycles. The summed E-state index contributed by atoms with van der Waals surface area (Å²) < 4.78 is 23.1. The van der Waals surface area contributed by atoms with E-state index >= 15 is 0 Å². The number of rotatable bonds is 1. The lowest BCUT2D eigenvalue weighted by atomic mass is 10.0. The van der Waals surface area contributed by atoms with Crippen LogP contribution in [0.4, 0.5) is 0 Å². The van der Waals surface area contributed by atoms with E-state index in [4.69, 9.17) is 0 Å². The van der Waals surface area contributed by atoms with Crippen LogP contribution in [0.3, 0.4) is 0 Å². The molecule has 0 spiro atoms. The number of carbonyl (C=O) groups is 1. The third-order valence-electron chi connectivity index (χ3n) is 3.26. The zero-order valence-electron chi connectivity index (χ0n) is 10.0. The molecule has 2 atom stereocenters. The van der Waals surface area contributed by atoms with E-state index in [0.717, 1.165) is 0 Å². The summed E-state index contributed by atoms with van der Waals surface area (Å²) in [5, 5.41) is 3.19. The number of nitrogens with zero attached hydrogens (tertiary/aromatic N) is 1. The second-order valence-corrected chi connectivity index (χ2v) is 7.05. The summed E-state index contributed by atoms with van der Waals surface area (Å²) in [7, 11) is -2.98. The van der Waals surface area contributed by atoms with Crippen molar-refractivity contribution in [1.29, 1.82) is 0 Å². The number of fused-ring (bicyclic) bond motifs is 1. The minimum absolute atomic E-state index is 0. The van der Waals surface area contributed by atoms with E-state index in [1.165, 1.54) is 0 Å². The molecule has 0 radical (unpaired) electrons. The molecule has 0 saturated carbocycles. The fraction of sp³-hybridized carbons (Fsp3) is 0.900. The second kappa shape index (κ2) is 5.12. The molecule has 2 rings (SSSR count). The van der Waals surface area contributed by atoms with Gasteiger partial charge in [-0.25, -0.2) is 8.42 Å². The molecule has 2 aliphatic heterocycles. The quantitative estimate of drug-likeness (QED) is 0.715. The van der Waals surface area contributed by atoms with Gasteiger partial charge in [0.1, 0.15) is 0 Å². The van der Waals surface area contributed by atoms with Crippen molar-refractivity contribution in [2.75, 3.05) is 24.6 Å². The summed E-state index contributed by atoms with van der Waals surface area (Å²) in [5.74, 6) is 0.276. The van der Waals surface area contributed by atoms with Gasteiger partial charge >= 0.3 is 0 Å². The predicted molar refractivity (Wildman–Crippen MR) is 68.0 cm³/mol. The second-order valence-electron chi connectivity index (χ2n) is 4.89. The van der Waals surface area contributed by atoms with E-state index in [1.54, 1.807) is 4.90 Å². The minimum Gasteiger partial charge on any atom is -0.336 e. The normalized spacial score (nSPS) is 30.9. The van der Waals surface area contributed by atoms with Crippen LogP contribution in [0.5, 0.6) is 0 Å². The van der Waals surface area contributed by atoms with Crippen molar-refractivity contribution < 1.29 is 13.2 Å². The molecular weight excluding hydrogens is 264 g/mol. The molecule has 100 valence electrons. The number of amides is 1. The smallest absolute Gasteiger partial charge is 0.225 e. The van der Waals surface area contributed by atoms with Crippen LogP contribution < -0.4 is 5.32 Å². The van der Waals surface area contributed by atoms with E-state index in [-0.39, 0.29) is 47.8 Å². The number of piperazine rings is 1. The van der Waals surface area contributed by atoms with E-state index in [0.29, 0.717) is 13.1 Å². The highest BCUT2D eigenvalue weighted by molar-refractivity contribution is 7.91. The van der Waals surface area contributed by atoms with Crippen LogP contribution in [0.25, 0.3) is 0 Å². The molecule has 7 heteroatoms. The molecule has 17 heavy (non-hydrogen) atoms. The van der Waals surface area contributed by atoms with Gasteiger partial charge in [0.2, 0.25) is 5.91 Å². The zero-order chi connectivity index (χ0) is 11.9. The largest absolute Gasteiger partial charge is 0.336 e. The fourth-order valence-corrected chi connectivity index (χ4v) is 4.43. The molecule has 2 fully saturated rings. The Kier molecular flexibility index (Phi) is 4.43. The summed E-state index contributed by atoms with van der Waals surface area (Å²) in [6, 6.07) is -0.227. The first-order valence-corrected chi connectivity index (χ1v) is 7.47. The SMILES string of the molecule is CC(C)C(=O)N1CCN[C@H]2CS(=O)(=O)C[C@H]21.Cl. The van der Waals surface area contributed by atoms with Crippen molar-refractivity contribution in [1.82, 2.24) is 10.2 Å². The Bertz CT molecular complexity index is 396. The maximum Gasteiger partial charge on any atom is 0.225 e. The van der Waals surface area contributed by atoms with E-state index in [2.05, 4.69) is 5.32 Å². The molecule has 5 nitrogen and oxygen atoms in total. The third-order valence-corrected chi connectivity index (χ3v) is 4.98. The van der Waals surface area contributed by atoms with Crippen molar-refractivity contribution in [2.45, 2.75) is 25.9 Å². The van der Waals surface area contributed by atoms with Gasteiger partial charge in [-0.2, -0.15) is 0 Å². The zero-order valence-corrected chi connectivity index (χ0v) is 11.7. The van der Waals surface area contributed by atoms with E-state index < -0.39 is 9.84 Å². The first-order chi connectivity index (χ1) is 7.41. The first kappa shape index (κ1) is 14.7. The average Bonchev–Trinajstić information content (AvgIpc) is 2.49.